The van der Waals surface area contributed by atoms with Gasteiger partial charge in [0.15, 0.2) is 17.5 Å². The van der Waals surface area contributed by atoms with Gasteiger partial charge < -0.3 is 0 Å². The predicted molar refractivity (Wildman–Crippen MR) is 205 cm³/mol. The van der Waals surface area contributed by atoms with Gasteiger partial charge in [-0.15, -0.1) is 11.3 Å². The molecule has 0 bridgehead atoms. The Bertz CT molecular complexity index is 2970. The van der Waals surface area contributed by atoms with E-state index in [0.29, 0.717) is 27.7 Å². The normalized spacial score (nSPS) is 13.3. The van der Waals surface area contributed by atoms with Gasteiger partial charge in [-0.05, 0) is 51.5 Å². The van der Waals surface area contributed by atoms with E-state index in [1.807, 2.05) is 103 Å². The average Bonchev–Trinajstić information content (AvgIpc) is 3.67. The summed E-state index contributed by atoms with van der Waals surface area (Å²) in [5.74, 6) is 1.65. The molecule has 0 aliphatic heterocycles. The second-order valence-corrected chi connectivity index (χ2v) is 12.6. The summed E-state index contributed by atoms with van der Waals surface area (Å²) in [6.45, 7) is 0. The Morgan fingerprint density at radius 2 is 0.816 bits per heavy atom. The van der Waals surface area contributed by atoms with Gasteiger partial charge in [-0.25, -0.2) is 15.0 Å². The van der Waals surface area contributed by atoms with Crippen LogP contribution >= 0.6 is 11.3 Å². The molecular weight excluding hydrogens is 615 g/mol. The van der Waals surface area contributed by atoms with Crippen molar-refractivity contribution in [3.63, 3.8) is 0 Å². The number of fused-ring (bicyclic) bond motifs is 3. The number of nitrogens with zero attached hydrogens (tertiary/aromatic N) is 3. The molecule has 0 atom stereocenters. The summed E-state index contributed by atoms with van der Waals surface area (Å²) in [6, 6.07) is 42.0. The maximum Gasteiger partial charge on any atom is 0.164 e. The number of aromatic nitrogens is 3. The maximum absolute atomic E-state index is 9.17. The molecule has 0 saturated carbocycles. The molecule has 49 heavy (non-hydrogen) atoms. The first kappa shape index (κ1) is 22.4. The van der Waals surface area contributed by atoms with Crippen molar-refractivity contribution >= 4 is 31.5 Å². The number of thiophene rings is 1. The number of hydrogen-bond acceptors (Lipinski definition) is 4. The average molecular weight is 651 g/mol. The monoisotopic (exact) mass is 650 g/mol. The SMILES string of the molecule is [2H]c1c([2H])c([2H])c2c(sc3c([2H])c(-c4cccc(-c5ccc(-c6nc(-c7ccccc7)nc(-c7ccc(-c8ccccc8)cc7)n6)cc5)c4)c([2H])c([2H])c32)c1[2H]. The minimum Gasteiger partial charge on any atom is -0.208 e. The zero-order chi connectivity index (χ0) is 38.7. The summed E-state index contributed by atoms with van der Waals surface area (Å²) < 4.78 is 61.0. The van der Waals surface area contributed by atoms with Crippen LogP contribution in [0.4, 0.5) is 0 Å². The summed E-state index contributed by atoms with van der Waals surface area (Å²) in [5, 5.41) is 0.397. The molecule has 7 aromatic carbocycles. The van der Waals surface area contributed by atoms with Crippen LogP contribution in [0.5, 0.6) is 0 Å². The third-order valence-corrected chi connectivity index (χ3v) is 9.45. The molecule has 3 nitrogen and oxygen atoms in total. The Morgan fingerprint density at radius 3 is 1.45 bits per heavy atom. The molecule has 230 valence electrons. The van der Waals surface area contributed by atoms with Gasteiger partial charge in [-0.2, -0.15) is 0 Å². The zero-order valence-corrected chi connectivity index (χ0v) is 26.8. The molecule has 4 heteroatoms. The molecule has 0 saturated heterocycles. The quantitative estimate of drug-likeness (QED) is 0.180. The molecule has 9 aromatic rings. The van der Waals surface area contributed by atoms with E-state index in [1.165, 1.54) is 0 Å². The highest BCUT2D eigenvalue weighted by atomic mass is 32.1. The fraction of sp³-hybridized carbons (Fsp3) is 0. The van der Waals surface area contributed by atoms with Crippen molar-refractivity contribution in [3.8, 4) is 67.5 Å². The summed E-state index contributed by atoms with van der Waals surface area (Å²) in [6.07, 6.45) is 0. The van der Waals surface area contributed by atoms with Crippen molar-refractivity contribution in [1.29, 1.82) is 0 Å². The first-order valence-corrected chi connectivity index (χ1v) is 16.6. The smallest absolute Gasteiger partial charge is 0.164 e. The minimum absolute atomic E-state index is 0.0149. The van der Waals surface area contributed by atoms with Crippen molar-refractivity contribution in [2.45, 2.75) is 0 Å². The van der Waals surface area contributed by atoms with E-state index in [-0.39, 0.29) is 57.3 Å². The fourth-order valence-electron chi connectivity index (χ4n) is 5.90. The van der Waals surface area contributed by atoms with Gasteiger partial charge in [-0.3, -0.25) is 0 Å². The molecule has 2 aromatic heterocycles. The van der Waals surface area contributed by atoms with Crippen LogP contribution in [0.15, 0.2) is 176 Å². The van der Waals surface area contributed by atoms with Crippen LogP contribution in [0.2, 0.25) is 0 Å². The molecule has 0 spiro atoms. The molecule has 0 N–H and O–H groups in total. The highest BCUT2D eigenvalue weighted by molar-refractivity contribution is 7.25. The molecule has 0 amide bonds. The summed E-state index contributed by atoms with van der Waals surface area (Å²) in [7, 11) is 0. The van der Waals surface area contributed by atoms with Crippen molar-refractivity contribution in [1.82, 2.24) is 15.0 Å². The molecule has 0 unspecified atom stereocenters. The van der Waals surface area contributed by atoms with E-state index in [9.17, 15) is 1.37 Å². The lowest BCUT2D eigenvalue weighted by molar-refractivity contribution is 1.07. The Labute approximate surface area is 298 Å². The third kappa shape index (κ3) is 5.69. The second kappa shape index (κ2) is 12.4. The lowest BCUT2D eigenvalue weighted by atomic mass is 9.98. The van der Waals surface area contributed by atoms with Gasteiger partial charge in [0.05, 0.1) is 9.60 Å². The molecule has 0 aliphatic carbocycles. The summed E-state index contributed by atoms with van der Waals surface area (Å²) in [4.78, 5) is 14.7. The molecule has 0 radical (unpaired) electrons. The number of hydrogen-bond donors (Lipinski definition) is 0. The Hall–Kier alpha value is -6.23. The molecular formula is C45H29N3S. The highest BCUT2D eigenvalue weighted by Gasteiger charge is 2.13. The van der Waals surface area contributed by atoms with Crippen LogP contribution in [0.25, 0.3) is 87.7 Å². The predicted octanol–water partition coefficient (Wildman–Crippen LogP) is 12.2. The molecule has 0 aliphatic rings. The molecule has 0 fully saturated rings. The van der Waals surface area contributed by atoms with Crippen LogP contribution in [0, 0.1) is 0 Å². The van der Waals surface area contributed by atoms with E-state index < -0.39 is 6.04 Å². The van der Waals surface area contributed by atoms with Crippen LogP contribution < -0.4 is 0 Å². The van der Waals surface area contributed by atoms with Gasteiger partial charge in [0.2, 0.25) is 0 Å². The summed E-state index contributed by atoms with van der Waals surface area (Å²) in [5.41, 5.74) is 7.36. The standard InChI is InChI=1S/C45H29N3S/c1-3-10-30(11-4-1)31-18-22-34(23-19-31)44-46-43(33-12-5-2-6-13-33)47-45(48-44)35-24-20-32(21-25-35)36-14-9-15-37(28-36)38-26-27-40-39-16-7-8-17-41(39)49-42(40)29-38/h1-29H/i7D,8D,16D,17D,26D,27D,29D. The number of benzene rings is 7. The first-order chi connectivity index (χ1) is 27.2. The summed E-state index contributed by atoms with van der Waals surface area (Å²) >= 11 is 1.06. The fourth-order valence-corrected chi connectivity index (χ4v) is 6.87. The van der Waals surface area contributed by atoms with Crippen molar-refractivity contribution in [3.05, 3.63) is 176 Å². The van der Waals surface area contributed by atoms with Crippen molar-refractivity contribution in [2.24, 2.45) is 0 Å². The lowest BCUT2D eigenvalue weighted by Crippen LogP contribution is -2.00. The largest absolute Gasteiger partial charge is 0.208 e. The minimum atomic E-state index is -0.399. The maximum atomic E-state index is 9.17. The third-order valence-electron chi connectivity index (χ3n) is 8.43. The zero-order valence-electron chi connectivity index (χ0n) is 33.0. The molecule has 2 heterocycles. The number of rotatable bonds is 6. The van der Waals surface area contributed by atoms with Crippen LogP contribution in [-0.2, 0) is 0 Å². The van der Waals surface area contributed by atoms with E-state index in [2.05, 4.69) is 24.3 Å². The van der Waals surface area contributed by atoms with Gasteiger partial charge in [0.1, 0.15) is 0 Å². The first-order valence-electron chi connectivity index (χ1n) is 19.3. The van der Waals surface area contributed by atoms with E-state index in [4.69, 9.17) is 23.2 Å². The Kier molecular flexibility index (Phi) is 5.67. The molecule has 9 rings (SSSR count). The van der Waals surface area contributed by atoms with Gasteiger partial charge >= 0.3 is 0 Å². The highest BCUT2D eigenvalue weighted by Crippen LogP contribution is 2.37. The van der Waals surface area contributed by atoms with E-state index in [1.54, 1.807) is 6.07 Å². The van der Waals surface area contributed by atoms with Crippen LogP contribution in [-0.4, -0.2) is 15.0 Å². The Morgan fingerprint density at radius 1 is 0.367 bits per heavy atom. The van der Waals surface area contributed by atoms with Crippen molar-refractivity contribution in [2.75, 3.05) is 0 Å². The van der Waals surface area contributed by atoms with Crippen LogP contribution in [0.3, 0.4) is 0 Å². The Balaban J connectivity index is 1.09. The van der Waals surface area contributed by atoms with Gasteiger partial charge in [-0.1, -0.05) is 158 Å². The lowest BCUT2D eigenvalue weighted by Gasteiger charge is -2.10. The van der Waals surface area contributed by atoms with Gasteiger partial charge in [0.25, 0.3) is 0 Å². The van der Waals surface area contributed by atoms with Crippen molar-refractivity contribution < 1.29 is 9.60 Å². The second-order valence-electron chi connectivity index (χ2n) is 11.5. The van der Waals surface area contributed by atoms with E-state index >= 15 is 0 Å². The van der Waals surface area contributed by atoms with Gasteiger partial charge in [0, 0.05) is 36.9 Å². The van der Waals surface area contributed by atoms with Crippen LogP contribution in [0.1, 0.15) is 9.60 Å². The topological polar surface area (TPSA) is 38.7 Å². The van der Waals surface area contributed by atoms with E-state index in [0.717, 1.165) is 50.3 Å².